The van der Waals surface area contributed by atoms with Crippen LogP contribution >= 0.6 is 0 Å². The smallest absolute Gasteiger partial charge is 0.399 e. The second kappa shape index (κ2) is 7.20. The molecule has 0 atom stereocenters. The van der Waals surface area contributed by atoms with Gasteiger partial charge in [-0.15, -0.1) is 0 Å². The first kappa shape index (κ1) is 19.2. The molecule has 0 radical (unpaired) electrons. The number of benzene rings is 1. The zero-order valence-electron chi connectivity index (χ0n) is 16.6. The van der Waals surface area contributed by atoms with Gasteiger partial charge in [-0.1, -0.05) is 23.8 Å². The summed E-state index contributed by atoms with van der Waals surface area (Å²) in [6, 6.07) is 5.90. The molecule has 4 nitrogen and oxygen atoms in total. The van der Waals surface area contributed by atoms with Gasteiger partial charge in [-0.05, 0) is 77.4 Å². The normalized spacial score (nSPS) is 21.4. The lowest BCUT2D eigenvalue weighted by Gasteiger charge is -2.32. The van der Waals surface area contributed by atoms with Gasteiger partial charge in [0.2, 0.25) is 5.91 Å². The molecule has 1 N–H and O–H groups in total. The molecule has 1 heterocycles. The lowest BCUT2D eigenvalue weighted by atomic mass is 9.76. The van der Waals surface area contributed by atoms with Gasteiger partial charge in [0.25, 0.3) is 0 Å². The molecule has 0 saturated carbocycles. The standard InChI is InChI=1S/C21H30BNO3/c1-15-17(22-25-20(2,3)21(4,5)26-22)12-9-13-18(15)23-19(24)14-16-10-7-6-8-11-16/h9-10,12-13H,6-8,11,14H2,1-5H3,(H,23,24). The van der Waals surface area contributed by atoms with E-state index in [0.29, 0.717) is 6.42 Å². The summed E-state index contributed by atoms with van der Waals surface area (Å²) in [5.74, 6) is 0.0484. The number of nitrogens with one attached hydrogen (secondary N) is 1. The quantitative estimate of drug-likeness (QED) is 0.653. The molecule has 0 aromatic heterocycles. The second-order valence-corrected chi connectivity index (χ2v) is 8.44. The summed E-state index contributed by atoms with van der Waals surface area (Å²) in [7, 11) is -0.419. The first-order chi connectivity index (χ1) is 12.2. The van der Waals surface area contributed by atoms with Crippen molar-refractivity contribution in [3.8, 4) is 0 Å². The van der Waals surface area contributed by atoms with Crippen molar-refractivity contribution in [3.05, 3.63) is 35.4 Å². The van der Waals surface area contributed by atoms with Crippen molar-refractivity contribution < 1.29 is 14.1 Å². The molecule has 0 spiro atoms. The fourth-order valence-corrected chi connectivity index (χ4v) is 3.48. The predicted molar refractivity (Wildman–Crippen MR) is 107 cm³/mol. The summed E-state index contributed by atoms with van der Waals surface area (Å²) in [5.41, 5.74) is 3.30. The Morgan fingerprint density at radius 1 is 1.15 bits per heavy atom. The van der Waals surface area contributed by atoms with Gasteiger partial charge >= 0.3 is 7.12 Å². The molecule has 1 aromatic carbocycles. The van der Waals surface area contributed by atoms with E-state index in [-0.39, 0.29) is 17.1 Å². The highest BCUT2D eigenvalue weighted by molar-refractivity contribution is 6.62. The second-order valence-electron chi connectivity index (χ2n) is 8.44. The Bertz CT molecular complexity index is 708. The molecule has 5 heteroatoms. The van der Waals surface area contributed by atoms with Crippen LogP contribution in [0, 0.1) is 6.92 Å². The van der Waals surface area contributed by atoms with E-state index < -0.39 is 7.12 Å². The Labute approximate surface area is 157 Å². The average molecular weight is 355 g/mol. The van der Waals surface area contributed by atoms with Crippen molar-refractivity contribution in [2.75, 3.05) is 5.32 Å². The zero-order chi connectivity index (χ0) is 18.9. The third kappa shape index (κ3) is 3.89. The molecule has 0 unspecified atom stereocenters. The van der Waals surface area contributed by atoms with Crippen LogP contribution in [0.2, 0.25) is 0 Å². The Morgan fingerprint density at radius 3 is 2.46 bits per heavy atom. The van der Waals surface area contributed by atoms with Crippen LogP contribution in [0.3, 0.4) is 0 Å². The van der Waals surface area contributed by atoms with E-state index in [1.165, 1.54) is 18.4 Å². The van der Waals surface area contributed by atoms with Gasteiger partial charge in [0.1, 0.15) is 0 Å². The number of amides is 1. The largest absolute Gasteiger partial charge is 0.495 e. The van der Waals surface area contributed by atoms with Crippen LogP contribution in [0.1, 0.15) is 65.4 Å². The Kier molecular flexibility index (Phi) is 5.31. The molecule has 1 saturated heterocycles. The summed E-state index contributed by atoms with van der Waals surface area (Å²) in [6.07, 6.45) is 7.27. The average Bonchev–Trinajstić information content (AvgIpc) is 2.78. The van der Waals surface area contributed by atoms with Gasteiger partial charge in [-0.25, -0.2) is 0 Å². The molecule has 26 heavy (non-hydrogen) atoms. The lowest BCUT2D eigenvalue weighted by Crippen LogP contribution is -2.41. The van der Waals surface area contributed by atoms with Gasteiger partial charge in [-0.2, -0.15) is 0 Å². The SMILES string of the molecule is Cc1c(NC(=O)CC2=CCCCC2)cccc1B1OC(C)(C)C(C)(C)O1. The molecule has 0 bridgehead atoms. The summed E-state index contributed by atoms with van der Waals surface area (Å²) in [6.45, 7) is 10.2. The molecule has 140 valence electrons. The maximum Gasteiger partial charge on any atom is 0.495 e. The minimum Gasteiger partial charge on any atom is -0.399 e. The van der Waals surface area contributed by atoms with Gasteiger partial charge in [0.15, 0.2) is 0 Å². The minimum absolute atomic E-state index is 0.0484. The van der Waals surface area contributed by atoms with Crippen molar-refractivity contribution in [3.63, 3.8) is 0 Å². The molecular weight excluding hydrogens is 325 g/mol. The van der Waals surface area contributed by atoms with E-state index in [9.17, 15) is 4.79 Å². The number of anilines is 1. The van der Waals surface area contributed by atoms with E-state index in [1.54, 1.807) is 0 Å². The van der Waals surface area contributed by atoms with E-state index in [2.05, 4.69) is 11.4 Å². The Hall–Kier alpha value is -1.59. The molecule has 1 aromatic rings. The molecule has 1 amide bonds. The van der Waals surface area contributed by atoms with Crippen LogP contribution in [0.5, 0.6) is 0 Å². The molecule has 1 fully saturated rings. The Balaban J connectivity index is 1.73. The maximum atomic E-state index is 12.5. The highest BCUT2D eigenvalue weighted by atomic mass is 16.7. The summed E-state index contributed by atoms with van der Waals surface area (Å²) >= 11 is 0. The van der Waals surface area contributed by atoms with Gasteiger partial charge in [0, 0.05) is 12.1 Å². The number of hydrogen-bond acceptors (Lipinski definition) is 3. The minimum atomic E-state index is -0.419. The van der Waals surface area contributed by atoms with E-state index in [1.807, 2.05) is 52.8 Å². The van der Waals surface area contributed by atoms with Crippen LogP contribution in [0.4, 0.5) is 5.69 Å². The van der Waals surface area contributed by atoms with Gasteiger partial charge in [0.05, 0.1) is 11.2 Å². The fraction of sp³-hybridized carbons (Fsp3) is 0.571. The fourth-order valence-electron chi connectivity index (χ4n) is 3.48. The summed E-state index contributed by atoms with van der Waals surface area (Å²) in [4.78, 5) is 12.5. The van der Waals surface area contributed by atoms with Crippen LogP contribution in [0.15, 0.2) is 29.8 Å². The van der Waals surface area contributed by atoms with Gasteiger partial charge < -0.3 is 14.6 Å². The van der Waals surface area contributed by atoms with Crippen LogP contribution in [-0.2, 0) is 14.1 Å². The number of allylic oxidation sites excluding steroid dienone is 1. The van der Waals surface area contributed by atoms with E-state index in [4.69, 9.17) is 9.31 Å². The maximum absolute atomic E-state index is 12.5. The summed E-state index contributed by atoms with van der Waals surface area (Å²) in [5, 5.41) is 3.07. The monoisotopic (exact) mass is 355 g/mol. The lowest BCUT2D eigenvalue weighted by molar-refractivity contribution is -0.115. The third-order valence-electron chi connectivity index (χ3n) is 5.93. The van der Waals surface area contributed by atoms with E-state index >= 15 is 0 Å². The van der Waals surface area contributed by atoms with Crippen molar-refractivity contribution in [2.45, 2.75) is 77.9 Å². The van der Waals surface area contributed by atoms with Crippen LogP contribution in [-0.4, -0.2) is 24.2 Å². The van der Waals surface area contributed by atoms with Crippen molar-refractivity contribution >= 4 is 24.2 Å². The van der Waals surface area contributed by atoms with Gasteiger partial charge in [-0.3, -0.25) is 4.79 Å². The molecular formula is C21H30BNO3. The van der Waals surface area contributed by atoms with Crippen molar-refractivity contribution in [2.24, 2.45) is 0 Å². The van der Waals surface area contributed by atoms with E-state index in [0.717, 1.165) is 29.6 Å². The highest BCUT2D eigenvalue weighted by Gasteiger charge is 2.52. The highest BCUT2D eigenvalue weighted by Crippen LogP contribution is 2.37. The Morgan fingerprint density at radius 2 is 1.85 bits per heavy atom. The third-order valence-corrected chi connectivity index (χ3v) is 5.93. The zero-order valence-corrected chi connectivity index (χ0v) is 16.6. The molecule has 3 rings (SSSR count). The van der Waals surface area contributed by atoms with Crippen LogP contribution < -0.4 is 10.8 Å². The van der Waals surface area contributed by atoms with Crippen molar-refractivity contribution in [1.82, 2.24) is 0 Å². The number of carbonyl (C=O) groups is 1. The summed E-state index contributed by atoms with van der Waals surface area (Å²) < 4.78 is 12.3. The molecule has 1 aliphatic heterocycles. The van der Waals surface area contributed by atoms with Crippen LogP contribution in [0.25, 0.3) is 0 Å². The van der Waals surface area contributed by atoms with Crippen molar-refractivity contribution in [1.29, 1.82) is 0 Å². The topological polar surface area (TPSA) is 47.6 Å². The number of carbonyl (C=O) groups excluding carboxylic acids is 1. The number of hydrogen-bond donors (Lipinski definition) is 1. The first-order valence-corrected chi connectivity index (χ1v) is 9.62. The number of rotatable bonds is 4. The molecule has 1 aliphatic carbocycles. The molecule has 2 aliphatic rings. The first-order valence-electron chi connectivity index (χ1n) is 9.62. The predicted octanol–water partition coefficient (Wildman–Crippen LogP) is 4.12.